The number of benzene rings is 3. The molecule has 3 rings (SSSR count). The summed E-state index contributed by atoms with van der Waals surface area (Å²) in [4.78, 5) is 0. The van der Waals surface area contributed by atoms with E-state index in [1.54, 1.807) is 13.8 Å². The fraction of sp³-hybridized carbons (Fsp3) is 0.143. The molecule has 110 valence electrons. The van der Waals surface area contributed by atoms with Gasteiger partial charge in [-0.1, -0.05) is 78.9 Å². The molecular formula is C21H20O. The summed E-state index contributed by atoms with van der Waals surface area (Å²) in [7, 11) is 0. The summed E-state index contributed by atoms with van der Waals surface area (Å²) in [5, 5.41) is 10.0. The Morgan fingerprint density at radius 3 is 1.32 bits per heavy atom. The maximum absolute atomic E-state index is 10.0. The normalized spacial score (nSPS) is 11.4. The van der Waals surface area contributed by atoms with Crippen molar-refractivity contribution in [1.82, 2.24) is 0 Å². The predicted molar refractivity (Wildman–Crippen MR) is 92.6 cm³/mol. The van der Waals surface area contributed by atoms with Gasteiger partial charge in [0.2, 0.25) is 0 Å². The number of hydrogen-bond acceptors (Lipinski definition) is 1. The van der Waals surface area contributed by atoms with Gasteiger partial charge in [0.1, 0.15) is 0 Å². The van der Waals surface area contributed by atoms with Gasteiger partial charge in [0.15, 0.2) is 0 Å². The standard InChI is InChI=1S/C21H20O/c1-21(2,22)20-14-12-19(13-15-20)18-10-8-17(9-11-18)16-6-4-3-5-7-16/h3-15,22H,1-2H3. The van der Waals surface area contributed by atoms with Gasteiger partial charge in [-0.25, -0.2) is 0 Å². The molecule has 0 amide bonds. The Morgan fingerprint density at radius 2 is 0.909 bits per heavy atom. The molecule has 1 nitrogen and oxygen atoms in total. The van der Waals surface area contributed by atoms with Gasteiger partial charge in [0.25, 0.3) is 0 Å². The van der Waals surface area contributed by atoms with Crippen LogP contribution in [0.2, 0.25) is 0 Å². The molecule has 0 bridgehead atoms. The van der Waals surface area contributed by atoms with Crippen LogP contribution in [0.3, 0.4) is 0 Å². The maximum atomic E-state index is 10.0. The van der Waals surface area contributed by atoms with Crippen LogP contribution in [0, 0.1) is 0 Å². The maximum Gasteiger partial charge on any atom is 0.0840 e. The molecule has 0 heterocycles. The molecule has 0 aliphatic rings. The van der Waals surface area contributed by atoms with Gasteiger partial charge >= 0.3 is 0 Å². The zero-order valence-electron chi connectivity index (χ0n) is 13.0. The molecule has 0 spiro atoms. The fourth-order valence-corrected chi connectivity index (χ4v) is 2.56. The molecule has 0 saturated carbocycles. The monoisotopic (exact) mass is 288 g/mol. The largest absolute Gasteiger partial charge is 0.386 e. The van der Waals surface area contributed by atoms with Crippen LogP contribution in [0.1, 0.15) is 19.4 Å². The minimum absolute atomic E-state index is 0.796. The first-order chi connectivity index (χ1) is 10.5. The van der Waals surface area contributed by atoms with Gasteiger partial charge < -0.3 is 5.11 Å². The van der Waals surface area contributed by atoms with Crippen molar-refractivity contribution >= 4 is 0 Å². The second-order valence-corrected chi connectivity index (χ2v) is 6.08. The van der Waals surface area contributed by atoms with E-state index in [-0.39, 0.29) is 0 Å². The van der Waals surface area contributed by atoms with E-state index in [1.807, 2.05) is 18.2 Å². The Kier molecular flexibility index (Phi) is 3.82. The first-order valence-corrected chi connectivity index (χ1v) is 7.53. The van der Waals surface area contributed by atoms with Crippen LogP contribution in [0.4, 0.5) is 0 Å². The van der Waals surface area contributed by atoms with Crippen molar-refractivity contribution in [3.63, 3.8) is 0 Å². The molecule has 0 fully saturated rings. The van der Waals surface area contributed by atoms with E-state index in [0.29, 0.717) is 0 Å². The number of hydrogen-bond donors (Lipinski definition) is 1. The van der Waals surface area contributed by atoms with Crippen LogP contribution in [0.15, 0.2) is 78.9 Å². The summed E-state index contributed by atoms with van der Waals surface area (Å²) in [5.74, 6) is 0. The SMILES string of the molecule is CC(C)(O)c1ccc(-c2ccc(-c3ccccc3)cc2)cc1. The van der Waals surface area contributed by atoms with Crippen molar-refractivity contribution in [1.29, 1.82) is 0 Å². The van der Waals surface area contributed by atoms with Crippen LogP contribution in [-0.2, 0) is 5.60 Å². The summed E-state index contributed by atoms with van der Waals surface area (Å²) in [5.41, 5.74) is 4.92. The Bertz CT molecular complexity index is 733. The Labute approximate surface area is 131 Å². The Balaban J connectivity index is 1.87. The van der Waals surface area contributed by atoms with Gasteiger partial charge in [-0.05, 0) is 41.7 Å². The molecular weight excluding hydrogens is 268 g/mol. The van der Waals surface area contributed by atoms with Crippen molar-refractivity contribution in [2.24, 2.45) is 0 Å². The molecule has 1 heteroatoms. The van der Waals surface area contributed by atoms with E-state index in [9.17, 15) is 5.11 Å². The summed E-state index contributed by atoms with van der Waals surface area (Å²) in [6.45, 7) is 3.60. The predicted octanol–water partition coefficient (Wildman–Crippen LogP) is 5.25. The molecule has 0 radical (unpaired) electrons. The summed E-state index contributed by atoms with van der Waals surface area (Å²) in [6, 6.07) is 27.0. The quantitative estimate of drug-likeness (QED) is 0.698. The van der Waals surface area contributed by atoms with E-state index >= 15 is 0 Å². The highest BCUT2D eigenvalue weighted by Gasteiger charge is 2.15. The highest BCUT2D eigenvalue weighted by Crippen LogP contribution is 2.27. The van der Waals surface area contributed by atoms with Crippen LogP contribution in [0.5, 0.6) is 0 Å². The van der Waals surface area contributed by atoms with Crippen molar-refractivity contribution in [3.8, 4) is 22.3 Å². The lowest BCUT2D eigenvalue weighted by molar-refractivity contribution is 0.0786. The van der Waals surface area contributed by atoms with Gasteiger partial charge in [-0.15, -0.1) is 0 Å². The smallest absolute Gasteiger partial charge is 0.0840 e. The summed E-state index contributed by atoms with van der Waals surface area (Å²) in [6.07, 6.45) is 0. The van der Waals surface area contributed by atoms with Crippen LogP contribution < -0.4 is 0 Å². The second-order valence-electron chi connectivity index (χ2n) is 6.08. The Morgan fingerprint density at radius 1 is 0.545 bits per heavy atom. The van der Waals surface area contributed by atoms with Crippen molar-refractivity contribution in [2.45, 2.75) is 19.4 Å². The van der Waals surface area contributed by atoms with E-state index in [1.165, 1.54) is 16.7 Å². The average Bonchev–Trinajstić information content (AvgIpc) is 2.55. The number of rotatable bonds is 3. The minimum atomic E-state index is -0.796. The number of aliphatic hydroxyl groups is 1. The van der Waals surface area contributed by atoms with Gasteiger partial charge in [-0.3, -0.25) is 0 Å². The van der Waals surface area contributed by atoms with E-state index in [2.05, 4.69) is 60.7 Å². The first kappa shape index (κ1) is 14.6. The first-order valence-electron chi connectivity index (χ1n) is 7.53. The molecule has 0 unspecified atom stereocenters. The highest BCUT2D eigenvalue weighted by atomic mass is 16.3. The third-order valence-corrected chi connectivity index (χ3v) is 3.92. The molecule has 3 aromatic carbocycles. The van der Waals surface area contributed by atoms with Crippen molar-refractivity contribution < 1.29 is 5.11 Å². The Hall–Kier alpha value is -2.38. The van der Waals surface area contributed by atoms with Crippen molar-refractivity contribution in [2.75, 3.05) is 0 Å². The molecule has 0 atom stereocenters. The zero-order valence-corrected chi connectivity index (χ0v) is 13.0. The van der Waals surface area contributed by atoms with E-state index in [0.717, 1.165) is 11.1 Å². The molecule has 22 heavy (non-hydrogen) atoms. The average molecular weight is 288 g/mol. The summed E-state index contributed by atoms with van der Waals surface area (Å²) >= 11 is 0. The second kappa shape index (κ2) is 5.78. The fourth-order valence-electron chi connectivity index (χ4n) is 2.56. The van der Waals surface area contributed by atoms with Crippen LogP contribution >= 0.6 is 0 Å². The molecule has 1 N–H and O–H groups in total. The van der Waals surface area contributed by atoms with Crippen LogP contribution in [-0.4, -0.2) is 5.11 Å². The van der Waals surface area contributed by atoms with Gasteiger partial charge in [-0.2, -0.15) is 0 Å². The van der Waals surface area contributed by atoms with Crippen molar-refractivity contribution in [3.05, 3.63) is 84.4 Å². The van der Waals surface area contributed by atoms with Gasteiger partial charge in [0.05, 0.1) is 5.60 Å². The van der Waals surface area contributed by atoms with Crippen LogP contribution in [0.25, 0.3) is 22.3 Å². The van der Waals surface area contributed by atoms with E-state index in [4.69, 9.17) is 0 Å². The molecule has 3 aromatic rings. The zero-order chi connectivity index (χ0) is 15.6. The van der Waals surface area contributed by atoms with Gasteiger partial charge in [0, 0.05) is 0 Å². The lowest BCUT2D eigenvalue weighted by atomic mass is 9.95. The topological polar surface area (TPSA) is 20.2 Å². The lowest BCUT2D eigenvalue weighted by Gasteiger charge is -2.18. The molecule has 0 aliphatic carbocycles. The van der Waals surface area contributed by atoms with E-state index < -0.39 is 5.60 Å². The molecule has 0 saturated heterocycles. The molecule has 0 aromatic heterocycles. The summed E-state index contributed by atoms with van der Waals surface area (Å²) < 4.78 is 0. The lowest BCUT2D eigenvalue weighted by Crippen LogP contribution is -2.14. The highest BCUT2D eigenvalue weighted by molar-refractivity contribution is 5.70. The third-order valence-electron chi connectivity index (χ3n) is 3.92. The molecule has 0 aliphatic heterocycles. The minimum Gasteiger partial charge on any atom is -0.386 e. The third kappa shape index (κ3) is 3.10.